The van der Waals surface area contributed by atoms with Crippen LogP contribution in [0.4, 0.5) is 5.13 Å². The summed E-state index contributed by atoms with van der Waals surface area (Å²) in [4.78, 5) is 2.40. The summed E-state index contributed by atoms with van der Waals surface area (Å²) in [5.74, 6) is 1.34. The second kappa shape index (κ2) is 7.19. The molecule has 2 atom stereocenters. The van der Waals surface area contributed by atoms with Crippen LogP contribution in [0.2, 0.25) is 0 Å². The van der Waals surface area contributed by atoms with Gasteiger partial charge in [0.15, 0.2) is 0 Å². The fourth-order valence-electron chi connectivity index (χ4n) is 3.47. The van der Waals surface area contributed by atoms with Crippen molar-refractivity contribution in [2.75, 3.05) is 24.6 Å². The summed E-state index contributed by atoms with van der Waals surface area (Å²) in [5, 5.41) is 10.6. The molecule has 2 heterocycles. The Morgan fingerprint density at radius 3 is 2.71 bits per heavy atom. The van der Waals surface area contributed by atoms with Gasteiger partial charge in [-0.25, -0.2) is 0 Å². The minimum Gasteiger partial charge on any atom is -0.377 e. The van der Waals surface area contributed by atoms with E-state index in [2.05, 4.69) is 45.4 Å². The molecule has 0 amide bonds. The van der Waals surface area contributed by atoms with Gasteiger partial charge in [-0.2, -0.15) is 0 Å². The molecule has 0 spiro atoms. The maximum Gasteiger partial charge on any atom is 0.208 e. The van der Waals surface area contributed by atoms with Crippen molar-refractivity contribution >= 4 is 16.5 Å². The van der Waals surface area contributed by atoms with E-state index in [1.165, 1.54) is 18.4 Å². The minimum absolute atomic E-state index is 0.371. The van der Waals surface area contributed by atoms with Crippen LogP contribution in [0.15, 0.2) is 30.3 Å². The van der Waals surface area contributed by atoms with Gasteiger partial charge in [-0.1, -0.05) is 41.7 Å². The summed E-state index contributed by atoms with van der Waals surface area (Å²) in [6, 6.07) is 10.8. The zero-order chi connectivity index (χ0) is 16.4. The summed E-state index contributed by atoms with van der Waals surface area (Å²) in [7, 11) is 0. The highest BCUT2D eigenvalue weighted by Crippen LogP contribution is 2.33. The molecule has 4 nitrogen and oxygen atoms in total. The van der Waals surface area contributed by atoms with Crippen molar-refractivity contribution in [3.8, 4) is 0 Å². The van der Waals surface area contributed by atoms with E-state index in [4.69, 9.17) is 4.74 Å². The van der Waals surface area contributed by atoms with Crippen LogP contribution in [-0.2, 0) is 11.2 Å². The van der Waals surface area contributed by atoms with E-state index in [0.29, 0.717) is 12.0 Å². The molecule has 2 aromatic rings. The topological polar surface area (TPSA) is 38.2 Å². The van der Waals surface area contributed by atoms with Gasteiger partial charge in [-0.05, 0) is 44.1 Å². The first kappa shape index (κ1) is 16.0. The number of piperidine rings is 1. The number of hydrogen-bond acceptors (Lipinski definition) is 5. The maximum absolute atomic E-state index is 6.32. The Labute approximate surface area is 147 Å². The molecular weight excluding hydrogens is 318 g/mol. The zero-order valence-electron chi connectivity index (χ0n) is 14.2. The molecule has 128 valence electrons. The van der Waals surface area contributed by atoms with Crippen molar-refractivity contribution < 1.29 is 4.74 Å². The number of nitrogens with zero attached hydrogens (tertiary/aromatic N) is 3. The molecular formula is C19H25N3OS. The molecule has 5 heteroatoms. The Hall–Kier alpha value is -1.46. The lowest BCUT2D eigenvalue weighted by Gasteiger charge is -2.38. The molecule has 0 radical (unpaired) electrons. The van der Waals surface area contributed by atoms with Crippen LogP contribution in [0, 0.1) is 18.8 Å². The van der Waals surface area contributed by atoms with Crippen LogP contribution < -0.4 is 4.90 Å². The van der Waals surface area contributed by atoms with Crippen molar-refractivity contribution in [1.29, 1.82) is 0 Å². The largest absolute Gasteiger partial charge is 0.377 e. The third-order valence-corrected chi connectivity index (χ3v) is 5.93. The van der Waals surface area contributed by atoms with Gasteiger partial charge in [-0.3, -0.25) is 0 Å². The number of ether oxygens (including phenoxy) is 1. The van der Waals surface area contributed by atoms with Crippen LogP contribution >= 0.6 is 11.3 Å². The van der Waals surface area contributed by atoms with E-state index in [9.17, 15) is 0 Å². The molecule has 24 heavy (non-hydrogen) atoms. The first-order valence-corrected chi connectivity index (χ1v) is 9.80. The minimum atomic E-state index is 0.371. The van der Waals surface area contributed by atoms with Crippen LogP contribution in [0.1, 0.15) is 29.8 Å². The molecule has 4 rings (SSSR count). The number of aromatic nitrogens is 2. The smallest absolute Gasteiger partial charge is 0.208 e. The van der Waals surface area contributed by atoms with E-state index < -0.39 is 0 Å². The number of hydrogen-bond donors (Lipinski definition) is 0. The van der Waals surface area contributed by atoms with Gasteiger partial charge >= 0.3 is 0 Å². The van der Waals surface area contributed by atoms with Gasteiger partial charge in [0.2, 0.25) is 5.13 Å². The van der Waals surface area contributed by atoms with Gasteiger partial charge in [-0.15, -0.1) is 10.2 Å². The molecule has 1 aliphatic heterocycles. The first-order chi connectivity index (χ1) is 11.8. The Bertz CT molecular complexity index is 656. The molecule has 0 unspecified atom stereocenters. The average Bonchev–Trinajstić information content (AvgIpc) is 3.34. The highest BCUT2D eigenvalue weighted by molar-refractivity contribution is 7.15. The number of benzene rings is 1. The third kappa shape index (κ3) is 3.95. The molecule has 1 aromatic carbocycles. The van der Waals surface area contributed by atoms with Gasteiger partial charge < -0.3 is 9.64 Å². The number of aryl methyl sites for hydroxylation is 1. The van der Waals surface area contributed by atoms with E-state index in [-0.39, 0.29) is 0 Å². The Kier molecular flexibility index (Phi) is 4.81. The molecule has 2 fully saturated rings. The second-order valence-electron chi connectivity index (χ2n) is 7.10. The Morgan fingerprint density at radius 1 is 1.17 bits per heavy atom. The van der Waals surface area contributed by atoms with Gasteiger partial charge in [0.05, 0.1) is 6.10 Å². The normalized spacial score (nSPS) is 24.3. The molecule has 1 saturated carbocycles. The summed E-state index contributed by atoms with van der Waals surface area (Å²) >= 11 is 1.69. The summed E-state index contributed by atoms with van der Waals surface area (Å²) in [5.41, 5.74) is 1.40. The van der Waals surface area contributed by atoms with E-state index in [0.717, 1.165) is 48.6 Å². The number of anilines is 1. The SMILES string of the molecule is Cc1nnc(N2CC[C@@H](OCC3CC3)[C@H](Cc3ccccc3)C2)s1. The van der Waals surface area contributed by atoms with Gasteiger partial charge in [0, 0.05) is 25.6 Å². The highest BCUT2D eigenvalue weighted by Gasteiger charge is 2.33. The summed E-state index contributed by atoms with van der Waals surface area (Å²) < 4.78 is 6.32. The fourth-order valence-corrected chi connectivity index (χ4v) is 4.20. The van der Waals surface area contributed by atoms with Gasteiger partial charge in [0.1, 0.15) is 5.01 Å². The van der Waals surface area contributed by atoms with Crippen molar-refractivity contribution in [2.24, 2.45) is 11.8 Å². The standard InChI is InChI=1S/C19H25N3OS/c1-14-20-21-19(24-14)22-10-9-18(23-13-16-7-8-16)17(12-22)11-15-5-3-2-4-6-15/h2-6,16-18H,7-13H2,1H3/t17-,18-/m1/s1. The van der Waals surface area contributed by atoms with Crippen molar-refractivity contribution in [1.82, 2.24) is 10.2 Å². The quantitative estimate of drug-likeness (QED) is 0.801. The third-order valence-electron chi connectivity index (χ3n) is 5.03. The van der Waals surface area contributed by atoms with Crippen molar-refractivity contribution in [3.63, 3.8) is 0 Å². The monoisotopic (exact) mass is 343 g/mol. The number of rotatable bonds is 6. The second-order valence-corrected chi connectivity index (χ2v) is 8.26. The van der Waals surface area contributed by atoms with Gasteiger partial charge in [0.25, 0.3) is 0 Å². The first-order valence-electron chi connectivity index (χ1n) is 8.98. The summed E-state index contributed by atoms with van der Waals surface area (Å²) in [6.45, 7) is 5.01. The van der Waals surface area contributed by atoms with Crippen molar-refractivity contribution in [3.05, 3.63) is 40.9 Å². The molecule has 1 saturated heterocycles. The van der Waals surface area contributed by atoms with Crippen LogP contribution in [0.5, 0.6) is 0 Å². The predicted molar refractivity (Wildman–Crippen MR) is 97.6 cm³/mol. The molecule has 1 aromatic heterocycles. The van der Waals surface area contributed by atoms with E-state index >= 15 is 0 Å². The molecule has 2 aliphatic rings. The molecule has 1 aliphatic carbocycles. The summed E-state index contributed by atoms with van der Waals surface area (Å²) in [6.07, 6.45) is 5.24. The molecule has 0 bridgehead atoms. The lowest BCUT2D eigenvalue weighted by molar-refractivity contribution is -0.00481. The van der Waals surface area contributed by atoms with E-state index in [1.54, 1.807) is 11.3 Å². The maximum atomic E-state index is 6.32. The lowest BCUT2D eigenvalue weighted by Crippen LogP contribution is -2.45. The average molecular weight is 343 g/mol. The molecule has 0 N–H and O–H groups in total. The highest BCUT2D eigenvalue weighted by atomic mass is 32.1. The van der Waals surface area contributed by atoms with E-state index in [1.807, 2.05) is 6.92 Å². The van der Waals surface area contributed by atoms with Crippen LogP contribution in [0.3, 0.4) is 0 Å². The fraction of sp³-hybridized carbons (Fsp3) is 0.579. The Morgan fingerprint density at radius 2 is 2.00 bits per heavy atom. The lowest BCUT2D eigenvalue weighted by atomic mass is 9.88. The van der Waals surface area contributed by atoms with Crippen LogP contribution in [0.25, 0.3) is 0 Å². The van der Waals surface area contributed by atoms with Crippen molar-refractivity contribution in [2.45, 2.75) is 38.7 Å². The van der Waals surface area contributed by atoms with Crippen LogP contribution in [-0.4, -0.2) is 36.0 Å². The zero-order valence-corrected chi connectivity index (χ0v) is 15.0. The predicted octanol–water partition coefficient (Wildman–Crippen LogP) is 3.71. The Balaban J connectivity index is 1.46.